The van der Waals surface area contributed by atoms with Gasteiger partial charge in [0.05, 0.1) is 5.52 Å². The van der Waals surface area contributed by atoms with Crippen LogP contribution in [0.5, 0.6) is 0 Å². The number of pyridine rings is 1. The number of nitrogens with two attached hydrogens (primary N) is 1. The molecule has 2 aromatic rings. The molecule has 0 saturated carbocycles. The van der Waals surface area contributed by atoms with E-state index in [0.717, 1.165) is 26.5 Å². The van der Waals surface area contributed by atoms with E-state index in [1.54, 1.807) is 0 Å². The fourth-order valence-corrected chi connectivity index (χ4v) is 2.13. The lowest BCUT2D eigenvalue weighted by molar-refractivity contribution is 1.31. The molecule has 0 bridgehead atoms. The van der Waals surface area contributed by atoms with Gasteiger partial charge in [-0.15, -0.1) is 0 Å². The Balaban J connectivity index is 2.89. The molecule has 0 atom stereocenters. The average Bonchev–Trinajstić information content (AvgIpc) is 2.08. The number of nitrogens with zero attached hydrogens (tertiary/aromatic N) is 1. The minimum absolute atomic E-state index is 0.614. The normalized spacial score (nSPS) is 10.8. The maximum absolute atomic E-state index is 5.77. The fraction of sp³-hybridized carbons (Fsp3) is 0.182. The first kappa shape index (κ1) is 9.46. The van der Waals surface area contributed by atoms with Gasteiger partial charge in [-0.05, 0) is 43.2 Å². The number of aryl methyl sites for hydroxylation is 2. The highest BCUT2D eigenvalue weighted by Gasteiger charge is 2.03. The van der Waals surface area contributed by atoms with Crippen molar-refractivity contribution in [3.05, 3.63) is 33.8 Å². The molecule has 0 fully saturated rings. The van der Waals surface area contributed by atoms with E-state index in [1.807, 2.05) is 19.9 Å². The average molecular weight is 251 g/mol. The van der Waals surface area contributed by atoms with Crippen molar-refractivity contribution in [1.29, 1.82) is 0 Å². The summed E-state index contributed by atoms with van der Waals surface area (Å²) in [7, 11) is 0. The van der Waals surface area contributed by atoms with Crippen LogP contribution in [-0.2, 0) is 0 Å². The lowest BCUT2D eigenvalue weighted by Crippen LogP contribution is -1.95. The van der Waals surface area contributed by atoms with Crippen molar-refractivity contribution < 1.29 is 0 Å². The summed E-state index contributed by atoms with van der Waals surface area (Å²) in [6.45, 7) is 4.01. The van der Waals surface area contributed by atoms with Gasteiger partial charge in [-0.1, -0.05) is 15.9 Å². The molecule has 14 heavy (non-hydrogen) atoms. The second-order valence-corrected chi connectivity index (χ2v) is 4.40. The van der Waals surface area contributed by atoms with Gasteiger partial charge < -0.3 is 5.73 Å². The van der Waals surface area contributed by atoms with E-state index >= 15 is 0 Å². The van der Waals surface area contributed by atoms with Crippen LogP contribution in [0.1, 0.15) is 11.1 Å². The summed E-state index contributed by atoms with van der Waals surface area (Å²) >= 11 is 3.47. The molecule has 2 N–H and O–H groups in total. The zero-order valence-electron chi connectivity index (χ0n) is 8.13. The molecule has 1 aromatic carbocycles. The SMILES string of the molecule is Cc1cc2cc(Br)cc(C)c2nc1N. The predicted molar refractivity (Wildman–Crippen MR) is 63.3 cm³/mol. The number of anilines is 1. The van der Waals surface area contributed by atoms with Crippen LogP contribution in [0.4, 0.5) is 5.82 Å². The Labute approximate surface area is 91.3 Å². The van der Waals surface area contributed by atoms with Crippen molar-refractivity contribution in [2.24, 2.45) is 0 Å². The maximum Gasteiger partial charge on any atom is 0.127 e. The van der Waals surface area contributed by atoms with Gasteiger partial charge in [0.1, 0.15) is 5.82 Å². The van der Waals surface area contributed by atoms with Crippen LogP contribution >= 0.6 is 15.9 Å². The molecule has 0 radical (unpaired) electrons. The number of benzene rings is 1. The molecule has 72 valence electrons. The summed E-state index contributed by atoms with van der Waals surface area (Å²) in [5, 5.41) is 1.13. The summed E-state index contributed by atoms with van der Waals surface area (Å²) in [6.07, 6.45) is 0. The molecule has 0 aliphatic carbocycles. The van der Waals surface area contributed by atoms with Crippen LogP contribution in [0.3, 0.4) is 0 Å². The first-order chi connectivity index (χ1) is 6.58. The van der Waals surface area contributed by atoms with Crippen LogP contribution < -0.4 is 5.73 Å². The number of hydrogen-bond donors (Lipinski definition) is 1. The van der Waals surface area contributed by atoms with E-state index in [4.69, 9.17) is 5.73 Å². The Hall–Kier alpha value is -1.09. The molecule has 0 saturated heterocycles. The van der Waals surface area contributed by atoms with E-state index < -0.39 is 0 Å². The number of aromatic nitrogens is 1. The third-order valence-electron chi connectivity index (χ3n) is 2.30. The van der Waals surface area contributed by atoms with E-state index in [2.05, 4.69) is 33.0 Å². The first-order valence-corrected chi connectivity index (χ1v) is 5.20. The lowest BCUT2D eigenvalue weighted by atomic mass is 10.1. The summed E-state index contributed by atoms with van der Waals surface area (Å²) in [5.41, 5.74) is 8.92. The molecule has 1 heterocycles. The Morgan fingerprint density at radius 3 is 2.57 bits per heavy atom. The standard InChI is InChI=1S/C11H11BrN2/c1-6-4-9(12)5-8-3-7(2)11(13)14-10(6)8/h3-5H,1-2H3,(H2,13,14). The molecule has 2 rings (SSSR count). The number of hydrogen-bond acceptors (Lipinski definition) is 2. The Bertz CT molecular complexity index is 506. The highest BCUT2D eigenvalue weighted by molar-refractivity contribution is 9.10. The molecule has 0 spiro atoms. The number of rotatable bonds is 0. The van der Waals surface area contributed by atoms with Gasteiger partial charge in [-0.2, -0.15) is 0 Å². The molecule has 0 aliphatic rings. The van der Waals surface area contributed by atoms with Crippen LogP contribution in [0, 0.1) is 13.8 Å². The third kappa shape index (κ3) is 1.48. The van der Waals surface area contributed by atoms with Crippen molar-refractivity contribution in [2.45, 2.75) is 13.8 Å². The van der Waals surface area contributed by atoms with Gasteiger partial charge in [0.2, 0.25) is 0 Å². The smallest absolute Gasteiger partial charge is 0.127 e. The van der Waals surface area contributed by atoms with Gasteiger partial charge in [0.15, 0.2) is 0 Å². The van der Waals surface area contributed by atoms with Crippen LogP contribution in [-0.4, -0.2) is 4.98 Å². The van der Waals surface area contributed by atoms with Crippen molar-refractivity contribution in [3.8, 4) is 0 Å². The highest BCUT2D eigenvalue weighted by atomic mass is 79.9. The molecule has 0 unspecified atom stereocenters. The van der Waals surface area contributed by atoms with Gasteiger partial charge >= 0.3 is 0 Å². The van der Waals surface area contributed by atoms with Gasteiger partial charge in [-0.3, -0.25) is 0 Å². The second-order valence-electron chi connectivity index (χ2n) is 3.48. The monoisotopic (exact) mass is 250 g/mol. The highest BCUT2D eigenvalue weighted by Crippen LogP contribution is 2.24. The molecule has 3 heteroatoms. The van der Waals surface area contributed by atoms with E-state index in [-0.39, 0.29) is 0 Å². The van der Waals surface area contributed by atoms with E-state index in [9.17, 15) is 0 Å². The molecular formula is C11H11BrN2. The third-order valence-corrected chi connectivity index (χ3v) is 2.76. The van der Waals surface area contributed by atoms with Crippen LogP contribution in [0.2, 0.25) is 0 Å². The largest absolute Gasteiger partial charge is 0.383 e. The molecule has 0 amide bonds. The quantitative estimate of drug-likeness (QED) is 0.780. The summed E-state index contributed by atoms with van der Waals surface area (Å²) in [6, 6.07) is 6.17. The minimum Gasteiger partial charge on any atom is -0.383 e. The Morgan fingerprint density at radius 2 is 1.86 bits per heavy atom. The van der Waals surface area contributed by atoms with E-state index in [1.165, 1.54) is 0 Å². The minimum atomic E-state index is 0.614. The Morgan fingerprint density at radius 1 is 1.14 bits per heavy atom. The second kappa shape index (κ2) is 3.24. The van der Waals surface area contributed by atoms with Crippen molar-refractivity contribution in [3.63, 3.8) is 0 Å². The van der Waals surface area contributed by atoms with Crippen LogP contribution in [0.15, 0.2) is 22.7 Å². The number of halogens is 1. The number of fused-ring (bicyclic) bond motifs is 1. The zero-order chi connectivity index (χ0) is 10.3. The van der Waals surface area contributed by atoms with Crippen molar-refractivity contribution >= 4 is 32.7 Å². The number of nitrogen functional groups attached to an aromatic ring is 1. The Kier molecular flexibility index (Phi) is 2.19. The van der Waals surface area contributed by atoms with Crippen LogP contribution in [0.25, 0.3) is 10.9 Å². The van der Waals surface area contributed by atoms with Gasteiger partial charge in [-0.25, -0.2) is 4.98 Å². The van der Waals surface area contributed by atoms with Crippen molar-refractivity contribution in [1.82, 2.24) is 4.98 Å². The predicted octanol–water partition coefficient (Wildman–Crippen LogP) is 3.20. The molecule has 1 aromatic heterocycles. The molecule has 0 aliphatic heterocycles. The lowest BCUT2D eigenvalue weighted by Gasteiger charge is -2.06. The summed E-state index contributed by atoms with van der Waals surface area (Å²) in [4.78, 5) is 4.37. The molecular weight excluding hydrogens is 240 g/mol. The summed E-state index contributed by atoms with van der Waals surface area (Å²) < 4.78 is 1.08. The first-order valence-electron chi connectivity index (χ1n) is 4.41. The molecule has 2 nitrogen and oxygen atoms in total. The fourth-order valence-electron chi connectivity index (χ4n) is 1.54. The van der Waals surface area contributed by atoms with Crippen molar-refractivity contribution in [2.75, 3.05) is 5.73 Å². The van der Waals surface area contributed by atoms with Gasteiger partial charge in [0, 0.05) is 9.86 Å². The zero-order valence-corrected chi connectivity index (χ0v) is 9.72. The topological polar surface area (TPSA) is 38.9 Å². The maximum atomic E-state index is 5.77. The van der Waals surface area contributed by atoms with Gasteiger partial charge in [0.25, 0.3) is 0 Å². The van der Waals surface area contributed by atoms with E-state index in [0.29, 0.717) is 5.82 Å². The summed E-state index contributed by atoms with van der Waals surface area (Å²) in [5.74, 6) is 0.614.